The minimum absolute atomic E-state index is 0.145. The van der Waals surface area contributed by atoms with E-state index in [-0.39, 0.29) is 36.7 Å². The van der Waals surface area contributed by atoms with Gasteiger partial charge in [-0.1, -0.05) is 12.1 Å². The molecule has 7 heteroatoms. The van der Waals surface area contributed by atoms with Gasteiger partial charge < -0.3 is 20.7 Å². The number of fused-ring (bicyclic) bond motifs is 1. The Morgan fingerprint density at radius 2 is 2.04 bits per heavy atom. The number of nitrogens with one attached hydrogen (secondary N) is 3. The fourth-order valence-corrected chi connectivity index (χ4v) is 2.50. The standard InChI is InChI=1S/C18H25N3O4/c1-12(2)25-11-5-10-19-16(22)9-8-15-18(24)20-14-7-4-3-6-13(14)17(23)21-15/h3-4,6-7,12,15H,5,8-11H2,1-2H3,(H,19,22)(H,20,24)(H,21,23)/t15-/m0/s1. The van der Waals surface area contributed by atoms with Crippen LogP contribution in [0.25, 0.3) is 0 Å². The van der Waals surface area contributed by atoms with Gasteiger partial charge in [-0.05, 0) is 38.8 Å². The Kier molecular flexibility index (Phi) is 6.94. The highest BCUT2D eigenvalue weighted by molar-refractivity contribution is 6.09. The maximum Gasteiger partial charge on any atom is 0.254 e. The summed E-state index contributed by atoms with van der Waals surface area (Å²) in [4.78, 5) is 36.3. The molecule has 1 aliphatic heterocycles. The lowest BCUT2D eigenvalue weighted by atomic mass is 10.1. The van der Waals surface area contributed by atoms with Crippen LogP contribution in [0.4, 0.5) is 5.69 Å². The van der Waals surface area contributed by atoms with Gasteiger partial charge in [0.25, 0.3) is 5.91 Å². The van der Waals surface area contributed by atoms with Gasteiger partial charge in [0.05, 0.1) is 17.4 Å². The summed E-state index contributed by atoms with van der Waals surface area (Å²) in [6.07, 6.45) is 1.33. The van der Waals surface area contributed by atoms with E-state index in [9.17, 15) is 14.4 Å². The Labute approximate surface area is 147 Å². The maximum atomic E-state index is 12.2. The van der Waals surface area contributed by atoms with Crippen LogP contribution in [0.5, 0.6) is 0 Å². The number of hydrogen-bond donors (Lipinski definition) is 3. The van der Waals surface area contributed by atoms with Crippen LogP contribution in [0.15, 0.2) is 24.3 Å². The zero-order chi connectivity index (χ0) is 18.2. The summed E-state index contributed by atoms with van der Waals surface area (Å²) in [5.41, 5.74) is 0.912. The van der Waals surface area contributed by atoms with Gasteiger partial charge in [-0.15, -0.1) is 0 Å². The van der Waals surface area contributed by atoms with E-state index < -0.39 is 6.04 Å². The average Bonchev–Trinajstić information content (AvgIpc) is 2.69. The van der Waals surface area contributed by atoms with Crippen molar-refractivity contribution in [3.05, 3.63) is 29.8 Å². The molecule has 25 heavy (non-hydrogen) atoms. The molecular formula is C18H25N3O4. The zero-order valence-corrected chi connectivity index (χ0v) is 14.6. The monoisotopic (exact) mass is 347 g/mol. The molecule has 1 aliphatic rings. The van der Waals surface area contributed by atoms with Crippen LogP contribution in [0, 0.1) is 0 Å². The van der Waals surface area contributed by atoms with E-state index in [4.69, 9.17) is 4.74 Å². The molecule has 2 rings (SSSR count). The van der Waals surface area contributed by atoms with Gasteiger partial charge in [0.1, 0.15) is 6.04 Å². The van der Waals surface area contributed by atoms with Crippen LogP contribution in [0.1, 0.15) is 43.5 Å². The molecule has 0 unspecified atom stereocenters. The van der Waals surface area contributed by atoms with Crippen molar-refractivity contribution in [2.45, 2.75) is 45.3 Å². The highest BCUT2D eigenvalue weighted by Crippen LogP contribution is 2.19. The lowest BCUT2D eigenvalue weighted by Crippen LogP contribution is -2.42. The molecule has 1 aromatic carbocycles. The Morgan fingerprint density at radius 1 is 1.28 bits per heavy atom. The van der Waals surface area contributed by atoms with E-state index in [1.54, 1.807) is 24.3 Å². The van der Waals surface area contributed by atoms with Crippen LogP contribution < -0.4 is 16.0 Å². The third kappa shape index (κ3) is 5.86. The molecule has 0 saturated carbocycles. The fourth-order valence-electron chi connectivity index (χ4n) is 2.50. The predicted molar refractivity (Wildman–Crippen MR) is 94.3 cm³/mol. The van der Waals surface area contributed by atoms with Crippen LogP contribution in [0.3, 0.4) is 0 Å². The zero-order valence-electron chi connectivity index (χ0n) is 14.6. The van der Waals surface area contributed by atoms with Crippen LogP contribution in [0.2, 0.25) is 0 Å². The molecule has 0 spiro atoms. The molecule has 1 heterocycles. The summed E-state index contributed by atoms with van der Waals surface area (Å²) in [6, 6.07) is 6.10. The second-order valence-corrected chi connectivity index (χ2v) is 6.22. The smallest absolute Gasteiger partial charge is 0.254 e. The van der Waals surface area contributed by atoms with Gasteiger partial charge >= 0.3 is 0 Å². The first kappa shape index (κ1) is 18.9. The van der Waals surface area contributed by atoms with Gasteiger partial charge in [0.2, 0.25) is 11.8 Å². The molecule has 0 aliphatic carbocycles. The average molecular weight is 347 g/mol. The minimum Gasteiger partial charge on any atom is -0.379 e. The summed E-state index contributed by atoms with van der Waals surface area (Å²) < 4.78 is 5.40. The Balaban J connectivity index is 1.76. The van der Waals surface area contributed by atoms with Gasteiger partial charge in [-0.3, -0.25) is 14.4 Å². The number of carbonyl (C=O) groups is 3. The molecule has 3 amide bonds. The second-order valence-electron chi connectivity index (χ2n) is 6.22. The van der Waals surface area contributed by atoms with E-state index in [1.165, 1.54) is 0 Å². The van der Waals surface area contributed by atoms with Crippen molar-refractivity contribution in [3.8, 4) is 0 Å². The molecule has 0 saturated heterocycles. The lowest BCUT2D eigenvalue weighted by molar-refractivity contribution is -0.121. The predicted octanol–water partition coefficient (Wildman–Crippen LogP) is 1.45. The third-order valence-electron chi connectivity index (χ3n) is 3.81. The molecule has 0 fully saturated rings. The highest BCUT2D eigenvalue weighted by Gasteiger charge is 2.27. The number of carbonyl (C=O) groups excluding carboxylic acids is 3. The summed E-state index contributed by atoms with van der Waals surface area (Å²) in [6.45, 7) is 5.05. The third-order valence-corrected chi connectivity index (χ3v) is 3.81. The molecule has 1 atom stereocenters. The maximum absolute atomic E-state index is 12.2. The first-order valence-corrected chi connectivity index (χ1v) is 8.56. The first-order valence-electron chi connectivity index (χ1n) is 8.56. The summed E-state index contributed by atoms with van der Waals surface area (Å²) in [7, 11) is 0. The molecule has 0 aromatic heterocycles. The summed E-state index contributed by atoms with van der Waals surface area (Å²) >= 11 is 0. The highest BCUT2D eigenvalue weighted by atomic mass is 16.5. The number of anilines is 1. The molecular weight excluding hydrogens is 322 g/mol. The largest absolute Gasteiger partial charge is 0.379 e. The van der Waals surface area contributed by atoms with E-state index in [0.717, 1.165) is 6.42 Å². The van der Waals surface area contributed by atoms with Crippen molar-refractivity contribution in [1.29, 1.82) is 0 Å². The topological polar surface area (TPSA) is 96.5 Å². The molecule has 3 N–H and O–H groups in total. The minimum atomic E-state index is -0.727. The van der Waals surface area contributed by atoms with Crippen LogP contribution in [-0.4, -0.2) is 43.0 Å². The van der Waals surface area contributed by atoms with Gasteiger partial charge in [0, 0.05) is 19.6 Å². The lowest BCUT2D eigenvalue weighted by Gasteiger charge is -2.14. The number of ether oxygens (including phenoxy) is 1. The Bertz CT molecular complexity index is 631. The Hall–Kier alpha value is -2.41. The number of benzene rings is 1. The first-order chi connectivity index (χ1) is 12.0. The van der Waals surface area contributed by atoms with Gasteiger partial charge in [0.15, 0.2) is 0 Å². The Morgan fingerprint density at radius 3 is 2.80 bits per heavy atom. The van der Waals surface area contributed by atoms with Crippen LogP contribution in [-0.2, 0) is 14.3 Å². The quantitative estimate of drug-likeness (QED) is 0.620. The van der Waals surface area contributed by atoms with E-state index >= 15 is 0 Å². The fraction of sp³-hybridized carbons (Fsp3) is 0.500. The van der Waals surface area contributed by atoms with E-state index in [1.807, 2.05) is 13.8 Å². The van der Waals surface area contributed by atoms with Crippen molar-refractivity contribution in [2.24, 2.45) is 0 Å². The number of rotatable bonds is 8. The van der Waals surface area contributed by atoms with E-state index in [0.29, 0.717) is 24.4 Å². The molecule has 7 nitrogen and oxygen atoms in total. The van der Waals surface area contributed by atoms with Crippen molar-refractivity contribution in [3.63, 3.8) is 0 Å². The van der Waals surface area contributed by atoms with Crippen molar-refractivity contribution < 1.29 is 19.1 Å². The summed E-state index contributed by atoms with van der Waals surface area (Å²) in [5.74, 6) is -0.769. The number of amides is 3. The SMILES string of the molecule is CC(C)OCCCNC(=O)CC[C@@H]1NC(=O)c2ccccc2NC1=O. The van der Waals surface area contributed by atoms with Crippen LogP contribution >= 0.6 is 0 Å². The van der Waals surface area contributed by atoms with E-state index in [2.05, 4.69) is 16.0 Å². The number of hydrogen-bond acceptors (Lipinski definition) is 4. The number of para-hydroxylation sites is 1. The second kappa shape index (κ2) is 9.17. The summed E-state index contributed by atoms with van der Waals surface area (Å²) in [5, 5.41) is 8.20. The van der Waals surface area contributed by atoms with Crippen molar-refractivity contribution in [2.75, 3.05) is 18.5 Å². The molecule has 0 radical (unpaired) electrons. The van der Waals surface area contributed by atoms with Crippen molar-refractivity contribution in [1.82, 2.24) is 10.6 Å². The molecule has 136 valence electrons. The van der Waals surface area contributed by atoms with Gasteiger partial charge in [-0.25, -0.2) is 0 Å². The normalized spacial score (nSPS) is 16.7. The van der Waals surface area contributed by atoms with Crippen molar-refractivity contribution >= 4 is 23.4 Å². The molecule has 1 aromatic rings. The van der Waals surface area contributed by atoms with Gasteiger partial charge in [-0.2, -0.15) is 0 Å². The molecule has 0 bridgehead atoms.